The SMILES string of the molecule is Cn1nc(C(F)(F)F)cc1-c1ccc(NC(=O)N[C@@H]2CCSC2)cc1. The summed E-state index contributed by atoms with van der Waals surface area (Å²) >= 11 is 1.80. The average molecular weight is 370 g/mol. The van der Waals surface area contributed by atoms with E-state index in [4.69, 9.17) is 0 Å². The van der Waals surface area contributed by atoms with Crippen molar-refractivity contribution in [3.63, 3.8) is 0 Å². The van der Waals surface area contributed by atoms with Crippen molar-refractivity contribution in [2.45, 2.75) is 18.6 Å². The van der Waals surface area contributed by atoms with Gasteiger partial charge in [-0.2, -0.15) is 30.0 Å². The fraction of sp³-hybridized carbons (Fsp3) is 0.375. The quantitative estimate of drug-likeness (QED) is 0.866. The van der Waals surface area contributed by atoms with E-state index in [0.717, 1.165) is 24.0 Å². The number of carbonyl (C=O) groups excluding carboxylic acids is 1. The first-order valence-electron chi connectivity index (χ1n) is 7.70. The number of aromatic nitrogens is 2. The molecule has 0 aliphatic carbocycles. The lowest BCUT2D eigenvalue weighted by molar-refractivity contribution is -0.141. The molecule has 5 nitrogen and oxygen atoms in total. The third-order valence-corrected chi connectivity index (χ3v) is 5.04. The first-order chi connectivity index (χ1) is 11.8. The highest BCUT2D eigenvalue weighted by atomic mass is 32.2. The van der Waals surface area contributed by atoms with E-state index >= 15 is 0 Å². The van der Waals surface area contributed by atoms with Gasteiger partial charge in [0.25, 0.3) is 0 Å². The summed E-state index contributed by atoms with van der Waals surface area (Å²) in [4.78, 5) is 11.9. The number of anilines is 1. The Morgan fingerprint density at radius 3 is 2.60 bits per heavy atom. The summed E-state index contributed by atoms with van der Waals surface area (Å²) in [5.41, 5.74) is 0.584. The minimum atomic E-state index is -4.48. The highest BCUT2D eigenvalue weighted by molar-refractivity contribution is 7.99. The van der Waals surface area contributed by atoms with Crippen molar-refractivity contribution in [1.29, 1.82) is 0 Å². The standard InChI is InChI=1S/C16H17F3N4OS/c1-23-13(8-14(22-23)16(17,18)19)10-2-4-11(5-3-10)20-15(24)21-12-6-7-25-9-12/h2-5,8,12H,6-7,9H2,1H3,(H2,20,21,24)/t12-/m1/s1. The summed E-state index contributed by atoms with van der Waals surface area (Å²) in [7, 11) is 1.46. The van der Waals surface area contributed by atoms with Crippen molar-refractivity contribution in [3.8, 4) is 11.3 Å². The van der Waals surface area contributed by atoms with Crippen LogP contribution in [-0.4, -0.2) is 33.4 Å². The lowest BCUT2D eigenvalue weighted by atomic mass is 10.1. The number of carbonyl (C=O) groups is 1. The molecule has 0 bridgehead atoms. The minimum Gasteiger partial charge on any atom is -0.334 e. The zero-order valence-corrected chi connectivity index (χ0v) is 14.2. The molecule has 0 radical (unpaired) electrons. The average Bonchev–Trinajstić information content (AvgIpc) is 3.17. The molecule has 0 spiro atoms. The maximum atomic E-state index is 12.7. The molecule has 0 saturated carbocycles. The second-order valence-electron chi connectivity index (χ2n) is 5.77. The van der Waals surface area contributed by atoms with Gasteiger partial charge in [-0.05, 0) is 35.9 Å². The summed E-state index contributed by atoms with van der Waals surface area (Å²) in [5.74, 6) is 1.96. The fourth-order valence-electron chi connectivity index (χ4n) is 2.60. The van der Waals surface area contributed by atoms with E-state index in [9.17, 15) is 18.0 Å². The second kappa shape index (κ2) is 6.99. The number of rotatable bonds is 3. The summed E-state index contributed by atoms with van der Waals surface area (Å²) in [6.07, 6.45) is -3.52. The van der Waals surface area contributed by atoms with Crippen molar-refractivity contribution < 1.29 is 18.0 Å². The Labute approximate surface area is 147 Å². The van der Waals surface area contributed by atoms with Crippen molar-refractivity contribution in [2.75, 3.05) is 16.8 Å². The number of aryl methyl sites for hydroxylation is 1. The van der Waals surface area contributed by atoms with Crippen molar-refractivity contribution in [3.05, 3.63) is 36.0 Å². The number of urea groups is 1. The maximum absolute atomic E-state index is 12.7. The minimum absolute atomic E-state index is 0.180. The van der Waals surface area contributed by atoms with E-state index in [1.54, 1.807) is 36.0 Å². The Bertz CT molecular complexity index is 752. The summed E-state index contributed by atoms with van der Waals surface area (Å²) in [5, 5.41) is 9.12. The zero-order chi connectivity index (χ0) is 18.0. The Morgan fingerprint density at radius 1 is 1.32 bits per heavy atom. The van der Waals surface area contributed by atoms with Gasteiger partial charge in [0, 0.05) is 24.5 Å². The highest BCUT2D eigenvalue weighted by Crippen LogP contribution is 2.31. The predicted molar refractivity (Wildman–Crippen MR) is 91.5 cm³/mol. The normalized spacial score (nSPS) is 17.5. The molecule has 1 atom stereocenters. The molecule has 25 heavy (non-hydrogen) atoms. The van der Waals surface area contributed by atoms with E-state index in [0.29, 0.717) is 16.9 Å². The van der Waals surface area contributed by atoms with Crippen molar-refractivity contribution in [1.82, 2.24) is 15.1 Å². The summed E-state index contributed by atoms with van der Waals surface area (Å²) < 4.78 is 39.4. The van der Waals surface area contributed by atoms with Gasteiger partial charge in [-0.25, -0.2) is 4.79 Å². The second-order valence-corrected chi connectivity index (χ2v) is 6.92. The molecule has 2 N–H and O–H groups in total. The number of halogens is 3. The molecule has 1 aliphatic rings. The first-order valence-corrected chi connectivity index (χ1v) is 8.85. The third kappa shape index (κ3) is 4.28. The third-order valence-electron chi connectivity index (χ3n) is 3.87. The van der Waals surface area contributed by atoms with Crippen LogP contribution in [0.2, 0.25) is 0 Å². The largest absolute Gasteiger partial charge is 0.435 e. The molecule has 3 rings (SSSR count). The number of hydrogen-bond acceptors (Lipinski definition) is 3. The molecular weight excluding hydrogens is 353 g/mol. The topological polar surface area (TPSA) is 59.0 Å². The molecular formula is C16H17F3N4OS. The van der Waals surface area contributed by atoms with Crippen LogP contribution < -0.4 is 10.6 Å². The van der Waals surface area contributed by atoms with Crippen LogP contribution in [0.3, 0.4) is 0 Å². The molecule has 1 aliphatic heterocycles. The summed E-state index contributed by atoms with van der Waals surface area (Å²) in [6, 6.07) is 7.51. The van der Waals surface area contributed by atoms with Crippen LogP contribution >= 0.6 is 11.8 Å². The number of benzene rings is 1. The Hall–Kier alpha value is -2.16. The monoisotopic (exact) mass is 370 g/mol. The van der Waals surface area contributed by atoms with Crippen molar-refractivity contribution >= 4 is 23.5 Å². The lowest BCUT2D eigenvalue weighted by Gasteiger charge is -2.12. The number of amides is 2. The molecule has 1 fully saturated rings. The van der Waals surface area contributed by atoms with Gasteiger partial charge < -0.3 is 10.6 Å². The lowest BCUT2D eigenvalue weighted by Crippen LogP contribution is -2.37. The summed E-state index contributed by atoms with van der Waals surface area (Å²) in [6.45, 7) is 0. The number of nitrogens with one attached hydrogen (secondary N) is 2. The Balaban J connectivity index is 1.68. The molecule has 2 heterocycles. The van der Waals surface area contributed by atoms with Gasteiger partial charge in [0.05, 0.1) is 5.69 Å². The molecule has 0 unspecified atom stereocenters. The van der Waals surface area contributed by atoms with E-state index in [1.807, 2.05) is 0 Å². The molecule has 1 aromatic carbocycles. The molecule has 134 valence electrons. The van der Waals surface area contributed by atoms with Crippen LogP contribution in [-0.2, 0) is 13.2 Å². The van der Waals surface area contributed by atoms with Crippen LogP contribution in [0.5, 0.6) is 0 Å². The van der Waals surface area contributed by atoms with Crippen LogP contribution in [0.25, 0.3) is 11.3 Å². The van der Waals surface area contributed by atoms with Crippen LogP contribution in [0.4, 0.5) is 23.7 Å². The van der Waals surface area contributed by atoms with Gasteiger partial charge in [0.15, 0.2) is 5.69 Å². The number of nitrogens with zero attached hydrogens (tertiary/aromatic N) is 2. The number of thioether (sulfide) groups is 1. The van der Waals surface area contributed by atoms with Gasteiger partial charge in [-0.3, -0.25) is 4.68 Å². The van der Waals surface area contributed by atoms with Gasteiger partial charge in [-0.15, -0.1) is 0 Å². The first kappa shape index (κ1) is 17.7. The van der Waals surface area contributed by atoms with E-state index < -0.39 is 11.9 Å². The maximum Gasteiger partial charge on any atom is 0.435 e. The van der Waals surface area contributed by atoms with Crippen LogP contribution in [0.15, 0.2) is 30.3 Å². The Kier molecular flexibility index (Phi) is 4.94. The number of alkyl halides is 3. The molecule has 1 saturated heterocycles. The van der Waals surface area contributed by atoms with Gasteiger partial charge in [-0.1, -0.05) is 12.1 Å². The molecule has 9 heteroatoms. The number of hydrogen-bond donors (Lipinski definition) is 2. The molecule has 2 amide bonds. The highest BCUT2D eigenvalue weighted by Gasteiger charge is 2.34. The van der Waals surface area contributed by atoms with E-state index in [1.165, 1.54) is 11.7 Å². The fourth-order valence-corrected chi connectivity index (χ4v) is 3.75. The van der Waals surface area contributed by atoms with E-state index in [2.05, 4.69) is 15.7 Å². The zero-order valence-electron chi connectivity index (χ0n) is 13.4. The van der Waals surface area contributed by atoms with Crippen LogP contribution in [0, 0.1) is 0 Å². The van der Waals surface area contributed by atoms with Gasteiger partial charge in [0.2, 0.25) is 0 Å². The molecule has 1 aromatic heterocycles. The van der Waals surface area contributed by atoms with Crippen LogP contribution in [0.1, 0.15) is 12.1 Å². The predicted octanol–water partition coefficient (Wildman–Crippen LogP) is 3.73. The Morgan fingerprint density at radius 2 is 2.04 bits per heavy atom. The molecule has 2 aromatic rings. The van der Waals surface area contributed by atoms with E-state index in [-0.39, 0.29) is 12.1 Å². The smallest absolute Gasteiger partial charge is 0.334 e. The van der Waals surface area contributed by atoms with Gasteiger partial charge >= 0.3 is 12.2 Å². The van der Waals surface area contributed by atoms with Gasteiger partial charge in [0.1, 0.15) is 0 Å². The van der Waals surface area contributed by atoms with Crippen molar-refractivity contribution in [2.24, 2.45) is 7.05 Å².